The molecule has 6 heteroatoms. The van der Waals surface area contributed by atoms with Crippen LogP contribution in [0.3, 0.4) is 0 Å². The van der Waals surface area contributed by atoms with Crippen LogP contribution < -0.4 is 9.64 Å². The van der Waals surface area contributed by atoms with Gasteiger partial charge in [0, 0.05) is 57.3 Å². The molecule has 0 saturated carbocycles. The molecule has 1 aliphatic heterocycles. The third kappa shape index (κ3) is 5.13. The topological polar surface area (TPSA) is 53.1 Å². The zero-order valence-electron chi connectivity index (χ0n) is 16.6. The van der Waals surface area contributed by atoms with E-state index in [0.29, 0.717) is 26.1 Å². The van der Waals surface area contributed by atoms with Gasteiger partial charge in [-0.2, -0.15) is 0 Å². The fourth-order valence-electron chi connectivity index (χ4n) is 3.34. The first kappa shape index (κ1) is 20.1. The van der Waals surface area contributed by atoms with Crippen LogP contribution in [-0.2, 0) is 9.59 Å². The van der Waals surface area contributed by atoms with Gasteiger partial charge in [0.05, 0.1) is 7.11 Å². The number of ether oxygens (including phenoxy) is 1. The van der Waals surface area contributed by atoms with Crippen LogP contribution >= 0.6 is 0 Å². The Morgan fingerprint density at radius 3 is 2.12 bits per heavy atom. The van der Waals surface area contributed by atoms with Crippen molar-refractivity contribution >= 4 is 17.5 Å². The second-order valence-electron chi connectivity index (χ2n) is 7.66. The maximum absolute atomic E-state index is 12.5. The van der Waals surface area contributed by atoms with Crippen molar-refractivity contribution in [2.45, 2.75) is 39.7 Å². The van der Waals surface area contributed by atoms with E-state index in [1.165, 1.54) is 0 Å². The number of hydrogen-bond donors (Lipinski definition) is 0. The largest absolute Gasteiger partial charge is 0.497 e. The van der Waals surface area contributed by atoms with Gasteiger partial charge in [0.15, 0.2) is 0 Å². The summed E-state index contributed by atoms with van der Waals surface area (Å²) in [6.07, 6.45) is 0.374. The molecular formula is C20H31N3O3. The number of piperazine rings is 1. The van der Waals surface area contributed by atoms with E-state index in [-0.39, 0.29) is 17.4 Å². The normalized spacial score (nSPS) is 15.0. The molecule has 0 unspecified atom stereocenters. The average molecular weight is 361 g/mol. The van der Waals surface area contributed by atoms with E-state index >= 15 is 0 Å². The lowest BCUT2D eigenvalue weighted by Gasteiger charge is -2.38. The van der Waals surface area contributed by atoms with Gasteiger partial charge in [-0.15, -0.1) is 0 Å². The summed E-state index contributed by atoms with van der Waals surface area (Å²) >= 11 is 0. The molecule has 26 heavy (non-hydrogen) atoms. The van der Waals surface area contributed by atoms with Crippen LogP contribution in [0.2, 0.25) is 0 Å². The molecule has 6 nitrogen and oxygen atoms in total. The van der Waals surface area contributed by atoms with E-state index in [2.05, 4.69) is 4.90 Å². The SMILES string of the molecule is COc1ccc(N2CCN(C(=O)CCN(C(C)=O)C(C)(C)C)CC2)cc1. The Bertz CT molecular complexity index is 614. The lowest BCUT2D eigenvalue weighted by molar-refractivity contribution is -0.136. The maximum Gasteiger partial charge on any atom is 0.224 e. The summed E-state index contributed by atoms with van der Waals surface area (Å²) in [5, 5.41) is 0. The highest BCUT2D eigenvalue weighted by Gasteiger charge is 2.26. The summed E-state index contributed by atoms with van der Waals surface area (Å²) in [4.78, 5) is 30.3. The zero-order chi connectivity index (χ0) is 19.3. The van der Waals surface area contributed by atoms with Crippen molar-refractivity contribution in [2.75, 3.05) is 44.7 Å². The summed E-state index contributed by atoms with van der Waals surface area (Å²) in [7, 11) is 1.66. The van der Waals surface area contributed by atoms with Gasteiger partial charge in [-0.05, 0) is 45.0 Å². The van der Waals surface area contributed by atoms with Crippen molar-refractivity contribution < 1.29 is 14.3 Å². The minimum Gasteiger partial charge on any atom is -0.497 e. The Kier molecular flexibility index (Phi) is 6.51. The molecule has 1 aliphatic rings. The highest BCUT2D eigenvalue weighted by molar-refractivity contribution is 5.78. The first-order valence-corrected chi connectivity index (χ1v) is 9.17. The van der Waals surface area contributed by atoms with Crippen molar-refractivity contribution in [3.05, 3.63) is 24.3 Å². The van der Waals surface area contributed by atoms with E-state index < -0.39 is 0 Å². The predicted octanol–water partition coefficient (Wildman–Crippen LogP) is 2.38. The number of benzene rings is 1. The fourth-order valence-corrected chi connectivity index (χ4v) is 3.34. The first-order chi connectivity index (χ1) is 12.2. The van der Waals surface area contributed by atoms with Crippen LogP contribution in [-0.4, -0.2) is 67.0 Å². The number of nitrogens with zero attached hydrogens (tertiary/aromatic N) is 3. The number of amides is 2. The molecule has 2 rings (SSSR count). The smallest absolute Gasteiger partial charge is 0.224 e. The van der Waals surface area contributed by atoms with Crippen LogP contribution in [0.4, 0.5) is 5.69 Å². The minimum atomic E-state index is -0.265. The third-order valence-electron chi connectivity index (χ3n) is 4.81. The predicted molar refractivity (Wildman–Crippen MR) is 104 cm³/mol. The molecule has 1 heterocycles. The quantitative estimate of drug-likeness (QED) is 0.808. The first-order valence-electron chi connectivity index (χ1n) is 9.17. The Balaban J connectivity index is 1.84. The molecule has 1 saturated heterocycles. The second kappa shape index (κ2) is 8.43. The molecule has 0 radical (unpaired) electrons. The van der Waals surface area contributed by atoms with Gasteiger partial charge in [0.1, 0.15) is 5.75 Å². The monoisotopic (exact) mass is 361 g/mol. The number of hydrogen-bond acceptors (Lipinski definition) is 4. The molecule has 144 valence electrons. The van der Waals surface area contributed by atoms with Crippen molar-refractivity contribution in [3.63, 3.8) is 0 Å². The Morgan fingerprint density at radius 1 is 1.08 bits per heavy atom. The van der Waals surface area contributed by atoms with Crippen molar-refractivity contribution in [1.82, 2.24) is 9.80 Å². The Morgan fingerprint density at radius 2 is 1.65 bits per heavy atom. The van der Waals surface area contributed by atoms with E-state index in [4.69, 9.17) is 4.74 Å². The molecule has 0 atom stereocenters. The highest BCUT2D eigenvalue weighted by Crippen LogP contribution is 2.21. The van der Waals surface area contributed by atoms with Gasteiger partial charge in [-0.25, -0.2) is 0 Å². The molecule has 1 fully saturated rings. The highest BCUT2D eigenvalue weighted by atomic mass is 16.5. The number of carbonyl (C=O) groups is 2. The van der Waals surface area contributed by atoms with Gasteiger partial charge < -0.3 is 19.4 Å². The maximum atomic E-state index is 12.5. The van der Waals surface area contributed by atoms with Crippen LogP contribution in [0.15, 0.2) is 24.3 Å². The second-order valence-corrected chi connectivity index (χ2v) is 7.66. The molecule has 0 spiro atoms. The Labute approximate surface area is 156 Å². The van der Waals surface area contributed by atoms with Crippen LogP contribution in [0.25, 0.3) is 0 Å². The van der Waals surface area contributed by atoms with Crippen molar-refractivity contribution in [2.24, 2.45) is 0 Å². The summed E-state index contributed by atoms with van der Waals surface area (Å²) in [6, 6.07) is 8.00. The van der Waals surface area contributed by atoms with Crippen molar-refractivity contribution in [1.29, 1.82) is 0 Å². The molecule has 0 aliphatic carbocycles. The molecule has 0 bridgehead atoms. The van der Waals surface area contributed by atoms with Gasteiger partial charge in [0.2, 0.25) is 11.8 Å². The fraction of sp³-hybridized carbons (Fsp3) is 0.600. The van der Waals surface area contributed by atoms with Gasteiger partial charge in [-0.3, -0.25) is 9.59 Å². The van der Waals surface area contributed by atoms with E-state index in [9.17, 15) is 9.59 Å². The van der Waals surface area contributed by atoms with E-state index in [1.54, 1.807) is 18.9 Å². The number of carbonyl (C=O) groups excluding carboxylic acids is 2. The zero-order valence-corrected chi connectivity index (χ0v) is 16.6. The molecular weight excluding hydrogens is 330 g/mol. The van der Waals surface area contributed by atoms with Crippen LogP contribution in [0, 0.1) is 0 Å². The molecule has 1 aromatic carbocycles. The van der Waals surface area contributed by atoms with Crippen LogP contribution in [0.1, 0.15) is 34.1 Å². The molecule has 0 N–H and O–H groups in total. The third-order valence-corrected chi connectivity index (χ3v) is 4.81. The van der Waals surface area contributed by atoms with E-state index in [1.807, 2.05) is 49.9 Å². The number of methoxy groups -OCH3 is 1. The van der Waals surface area contributed by atoms with Crippen molar-refractivity contribution in [3.8, 4) is 5.75 Å². The number of anilines is 1. The summed E-state index contributed by atoms with van der Waals surface area (Å²) in [5.74, 6) is 0.973. The van der Waals surface area contributed by atoms with E-state index in [0.717, 1.165) is 24.5 Å². The standard InChI is InChI=1S/C20H31N3O3/c1-16(24)23(20(2,3)4)11-10-19(25)22-14-12-21(13-15-22)17-6-8-18(26-5)9-7-17/h6-9H,10-15H2,1-5H3. The molecule has 2 amide bonds. The lowest BCUT2D eigenvalue weighted by Crippen LogP contribution is -2.50. The minimum absolute atomic E-state index is 0.00891. The van der Waals surface area contributed by atoms with Gasteiger partial charge >= 0.3 is 0 Å². The lowest BCUT2D eigenvalue weighted by atomic mass is 10.1. The number of rotatable bonds is 5. The summed E-state index contributed by atoms with van der Waals surface area (Å²) in [6.45, 7) is 11.0. The Hall–Kier alpha value is -2.24. The van der Waals surface area contributed by atoms with Crippen LogP contribution in [0.5, 0.6) is 5.75 Å². The average Bonchev–Trinajstić information content (AvgIpc) is 2.60. The summed E-state index contributed by atoms with van der Waals surface area (Å²) < 4.78 is 5.19. The van der Waals surface area contributed by atoms with Gasteiger partial charge in [-0.1, -0.05) is 0 Å². The van der Waals surface area contributed by atoms with Gasteiger partial charge in [0.25, 0.3) is 0 Å². The molecule has 0 aromatic heterocycles. The molecule has 1 aromatic rings. The summed E-state index contributed by atoms with van der Waals surface area (Å²) in [5.41, 5.74) is 0.882.